The van der Waals surface area contributed by atoms with E-state index in [2.05, 4.69) is 60.4 Å². The molecule has 0 aliphatic heterocycles. The summed E-state index contributed by atoms with van der Waals surface area (Å²) in [5.74, 6) is 0.701. The maximum atomic E-state index is 7.57. The van der Waals surface area contributed by atoms with Gasteiger partial charge in [0.15, 0.2) is 0 Å². The van der Waals surface area contributed by atoms with Crippen LogP contribution in [-0.2, 0) is 0 Å². The Morgan fingerprint density at radius 1 is 0.905 bits per heavy atom. The molecule has 0 aromatic heterocycles. The molecule has 2 heteroatoms. The zero-order chi connectivity index (χ0) is 18.3. The van der Waals surface area contributed by atoms with Crippen molar-refractivity contribution < 1.29 is 5.11 Å². The molecule has 1 N–H and O–H groups in total. The van der Waals surface area contributed by atoms with Crippen molar-refractivity contribution in [3.8, 4) is 0 Å². The van der Waals surface area contributed by atoms with Gasteiger partial charge in [0.05, 0.1) is 0 Å². The Kier molecular flexibility index (Phi) is 22.5. The first-order valence-corrected chi connectivity index (χ1v) is 8.81. The second-order valence-corrected chi connectivity index (χ2v) is 6.86. The lowest BCUT2D eigenvalue weighted by Crippen LogP contribution is -2.46. The molecule has 0 rings (SSSR count). The minimum Gasteiger partial charge on any atom is -0.397 e. The summed E-state index contributed by atoms with van der Waals surface area (Å²) in [7, 11) is 2.24. The maximum Gasteiger partial charge on any atom is 0.0402 e. The van der Waals surface area contributed by atoms with Crippen LogP contribution in [0.5, 0.6) is 0 Å². The summed E-state index contributed by atoms with van der Waals surface area (Å²) in [5.41, 5.74) is 0.757. The maximum absolute atomic E-state index is 7.57. The molecule has 0 atom stereocenters. The largest absolute Gasteiger partial charge is 0.397 e. The molecule has 21 heavy (non-hydrogen) atoms. The Balaban J connectivity index is -0.000000176. The predicted octanol–water partition coefficient (Wildman–Crippen LogP) is 5.84. The van der Waals surface area contributed by atoms with E-state index in [1.807, 2.05) is 27.7 Å². The summed E-state index contributed by atoms with van der Waals surface area (Å²) in [5, 5.41) is 7.57. The number of hydrogen-bond acceptors (Lipinski definition) is 2. The van der Waals surface area contributed by atoms with Crippen LogP contribution in [0.3, 0.4) is 0 Å². The van der Waals surface area contributed by atoms with Gasteiger partial charge in [-0.2, -0.15) is 0 Å². The summed E-state index contributed by atoms with van der Waals surface area (Å²) in [4.78, 5) is 2.49. The second-order valence-electron chi connectivity index (χ2n) is 6.86. The average molecular weight is 306 g/mol. The van der Waals surface area contributed by atoms with E-state index in [1.165, 1.54) is 13.0 Å². The lowest BCUT2D eigenvalue weighted by molar-refractivity contribution is 0.0929. The van der Waals surface area contributed by atoms with Crippen molar-refractivity contribution in [3.05, 3.63) is 0 Å². The van der Waals surface area contributed by atoms with Crippen molar-refractivity contribution >= 4 is 0 Å². The van der Waals surface area contributed by atoms with Gasteiger partial charge in [0.25, 0.3) is 0 Å². The monoisotopic (exact) mass is 305 g/mol. The Morgan fingerprint density at radius 3 is 1.38 bits per heavy atom. The third-order valence-corrected chi connectivity index (χ3v) is 3.59. The molecule has 0 aromatic rings. The number of rotatable bonds is 4. The normalized spacial score (nSPS) is 10.9. The fourth-order valence-corrected chi connectivity index (χ4v) is 1.23. The SMILES string of the molecule is CC.CC.CC(C)C(C)(C)N(C)CCC(C)(C)C.CCO. The third-order valence-electron chi connectivity index (χ3n) is 3.59. The minimum absolute atomic E-state index is 0.250. The molecule has 0 unspecified atom stereocenters. The van der Waals surface area contributed by atoms with Gasteiger partial charge in [-0.1, -0.05) is 62.3 Å². The van der Waals surface area contributed by atoms with Crippen molar-refractivity contribution in [2.24, 2.45) is 11.3 Å². The molecule has 0 aromatic carbocycles. The Bertz CT molecular complexity index is 180. The highest BCUT2D eigenvalue weighted by Gasteiger charge is 2.27. The Labute approximate surface area is 137 Å². The molecular weight excluding hydrogens is 258 g/mol. The quantitative estimate of drug-likeness (QED) is 0.705. The van der Waals surface area contributed by atoms with E-state index in [0.29, 0.717) is 16.9 Å². The predicted molar refractivity (Wildman–Crippen MR) is 101 cm³/mol. The number of hydrogen-bond donors (Lipinski definition) is 1. The van der Waals surface area contributed by atoms with Crippen LogP contribution in [0, 0.1) is 11.3 Å². The molecule has 0 heterocycles. The summed E-state index contributed by atoms with van der Waals surface area (Å²) in [6.45, 7) is 27.3. The standard InChI is InChI=1S/C13H29N.C2H6O.2C2H6/c1-11(2)13(6,7)14(8)10-9-12(3,4)5;1-2-3;2*1-2/h11H,9-10H2,1-8H3;3H,2H2,1H3;2*1-2H3. The smallest absolute Gasteiger partial charge is 0.0402 e. The van der Waals surface area contributed by atoms with Gasteiger partial charge >= 0.3 is 0 Å². The molecule has 0 radical (unpaired) electrons. The molecule has 0 saturated carbocycles. The van der Waals surface area contributed by atoms with Crippen molar-refractivity contribution in [1.82, 2.24) is 4.90 Å². The zero-order valence-corrected chi connectivity index (χ0v) is 17.6. The summed E-state index contributed by atoms with van der Waals surface area (Å²) >= 11 is 0. The van der Waals surface area contributed by atoms with E-state index in [-0.39, 0.29) is 6.61 Å². The second kappa shape index (κ2) is 16.3. The molecule has 0 bridgehead atoms. The fraction of sp³-hybridized carbons (Fsp3) is 1.00. The van der Waals surface area contributed by atoms with Gasteiger partial charge in [-0.3, -0.25) is 0 Å². The molecular formula is C19H47NO. The highest BCUT2D eigenvalue weighted by molar-refractivity contribution is 4.83. The van der Waals surface area contributed by atoms with Gasteiger partial charge in [-0.15, -0.1) is 0 Å². The summed E-state index contributed by atoms with van der Waals surface area (Å²) in [6.07, 6.45) is 1.26. The van der Waals surface area contributed by atoms with E-state index in [1.54, 1.807) is 6.92 Å². The zero-order valence-electron chi connectivity index (χ0n) is 17.6. The van der Waals surface area contributed by atoms with Crippen LogP contribution in [0.4, 0.5) is 0 Å². The molecule has 0 fully saturated rings. The van der Waals surface area contributed by atoms with Crippen LogP contribution in [0.15, 0.2) is 0 Å². The highest BCUT2D eigenvalue weighted by atomic mass is 16.2. The number of aliphatic hydroxyl groups excluding tert-OH is 1. The molecule has 0 aliphatic carbocycles. The number of nitrogens with zero attached hydrogens (tertiary/aromatic N) is 1. The lowest BCUT2D eigenvalue weighted by atomic mass is 9.87. The fourth-order valence-electron chi connectivity index (χ4n) is 1.23. The molecule has 0 aliphatic rings. The molecule has 0 saturated heterocycles. The number of aliphatic hydroxyl groups is 1. The molecule has 0 amide bonds. The highest BCUT2D eigenvalue weighted by Crippen LogP contribution is 2.25. The lowest BCUT2D eigenvalue weighted by Gasteiger charge is -2.40. The van der Waals surface area contributed by atoms with Crippen molar-refractivity contribution in [3.63, 3.8) is 0 Å². The topological polar surface area (TPSA) is 23.5 Å². The van der Waals surface area contributed by atoms with Crippen LogP contribution >= 0.6 is 0 Å². The van der Waals surface area contributed by atoms with Gasteiger partial charge < -0.3 is 10.0 Å². The van der Waals surface area contributed by atoms with Crippen molar-refractivity contribution in [2.75, 3.05) is 20.2 Å². The average Bonchev–Trinajstić information content (AvgIpc) is 2.40. The molecule has 134 valence electrons. The molecule has 0 spiro atoms. The van der Waals surface area contributed by atoms with Gasteiger partial charge in [-0.25, -0.2) is 0 Å². The Hall–Kier alpha value is -0.0800. The van der Waals surface area contributed by atoms with Gasteiger partial charge in [0, 0.05) is 12.1 Å². The Morgan fingerprint density at radius 2 is 1.19 bits per heavy atom. The first-order chi connectivity index (χ1) is 9.49. The summed E-state index contributed by atoms with van der Waals surface area (Å²) < 4.78 is 0. The van der Waals surface area contributed by atoms with Crippen molar-refractivity contribution in [2.45, 2.75) is 95.0 Å². The molecule has 2 nitrogen and oxygen atoms in total. The van der Waals surface area contributed by atoms with Gasteiger partial charge in [0.2, 0.25) is 0 Å². The summed E-state index contributed by atoms with van der Waals surface area (Å²) in [6, 6.07) is 0. The van der Waals surface area contributed by atoms with E-state index >= 15 is 0 Å². The van der Waals surface area contributed by atoms with Crippen LogP contribution in [-0.4, -0.2) is 35.7 Å². The van der Waals surface area contributed by atoms with Crippen LogP contribution < -0.4 is 0 Å². The van der Waals surface area contributed by atoms with Gasteiger partial charge in [-0.05, 0) is 52.1 Å². The van der Waals surface area contributed by atoms with Crippen LogP contribution in [0.1, 0.15) is 89.5 Å². The van der Waals surface area contributed by atoms with E-state index in [0.717, 1.165) is 0 Å². The van der Waals surface area contributed by atoms with Crippen molar-refractivity contribution in [1.29, 1.82) is 0 Å². The first kappa shape index (κ1) is 29.0. The third kappa shape index (κ3) is 19.9. The van der Waals surface area contributed by atoms with Crippen LogP contribution in [0.25, 0.3) is 0 Å². The van der Waals surface area contributed by atoms with E-state index < -0.39 is 0 Å². The van der Waals surface area contributed by atoms with Crippen LogP contribution in [0.2, 0.25) is 0 Å². The van der Waals surface area contributed by atoms with E-state index in [9.17, 15) is 0 Å². The van der Waals surface area contributed by atoms with Gasteiger partial charge in [0.1, 0.15) is 0 Å². The van der Waals surface area contributed by atoms with E-state index in [4.69, 9.17) is 5.11 Å². The minimum atomic E-state index is 0.250. The first-order valence-electron chi connectivity index (χ1n) is 8.81.